The molecule has 2 aromatic carbocycles. The molecule has 1 unspecified atom stereocenters. The molecule has 2 aliphatic rings. The summed E-state index contributed by atoms with van der Waals surface area (Å²) in [5, 5.41) is 9.28. The van der Waals surface area contributed by atoms with E-state index in [-0.39, 0.29) is 5.91 Å². The van der Waals surface area contributed by atoms with Gasteiger partial charge in [-0.1, -0.05) is 36.4 Å². The van der Waals surface area contributed by atoms with E-state index in [1.165, 1.54) is 22.5 Å². The molecule has 1 fully saturated rings. The lowest BCUT2D eigenvalue weighted by molar-refractivity contribution is -0.145. The second-order valence-corrected chi connectivity index (χ2v) is 7.68. The number of amides is 1. The second-order valence-electron chi connectivity index (χ2n) is 7.68. The van der Waals surface area contributed by atoms with E-state index < -0.39 is 11.9 Å². The molecule has 1 saturated heterocycles. The van der Waals surface area contributed by atoms with Gasteiger partial charge >= 0.3 is 5.97 Å². The predicted octanol–water partition coefficient (Wildman–Crippen LogP) is 3.64. The van der Waals surface area contributed by atoms with Gasteiger partial charge in [-0.3, -0.25) is 9.59 Å². The number of anilines is 2. The number of carbonyl (C=O) groups is 2. The Morgan fingerprint density at radius 2 is 1.57 bits per heavy atom. The Labute approximate surface area is 165 Å². The minimum atomic E-state index is -0.798. The first-order valence-corrected chi connectivity index (χ1v) is 10.1. The Morgan fingerprint density at radius 1 is 0.964 bits per heavy atom. The molecule has 28 heavy (non-hydrogen) atoms. The molecule has 2 aliphatic heterocycles. The maximum absolute atomic E-state index is 12.8. The monoisotopic (exact) mass is 378 g/mol. The van der Waals surface area contributed by atoms with Gasteiger partial charge in [0.1, 0.15) is 0 Å². The highest BCUT2D eigenvalue weighted by Crippen LogP contribution is 2.36. The first kappa shape index (κ1) is 18.5. The molecule has 5 nitrogen and oxygen atoms in total. The van der Waals surface area contributed by atoms with Crippen LogP contribution in [0.4, 0.5) is 11.4 Å². The van der Waals surface area contributed by atoms with Gasteiger partial charge in [0, 0.05) is 37.4 Å². The van der Waals surface area contributed by atoms with Crippen molar-refractivity contribution < 1.29 is 14.7 Å². The van der Waals surface area contributed by atoms with E-state index in [1.54, 1.807) is 4.90 Å². The lowest BCUT2D eigenvalue weighted by atomic mass is 9.98. The molecule has 0 aromatic heterocycles. The molecule has 4 rings (SSSR count). The fourth-order valence-corrected chi connectivity index (χ4v) is 4.38. The van der Waals surface area contributed by atoms with Gasteiger partial charge in [0.15, 0.2) is 0 Å². The number of para-hydroxylation sites is 2. The quantitative estimate of drug-likeness (QED) is 0.882. The van der Waals surface area contributed by atoms with Crippen molar-refractivity contribution in [1.82, 2.24) is 4.90 Å². The number of carboxylic acid groups (broad SMARTS) is 1. The summed E-state index contributed by atoms with van der Waals surface area (Å²) in [6.07, 6.45) is 3.78. The van der Waals surface area contributed by atoms with Gasteiger partial charge in [-0.25, -0.2) is 0 Å². The van der Waals surface area contributed by atoms with Crippen LogP contribution in [-0.2, 0) is 22.4 Å². The minimum absolute atomic E-state index is 0.0464. The molecule has 1 atom stereocenters. The van der Waals surface area contributed by atoms with Gasteiger partial charge in [0.25, 0.3) is 0 Å². The number of benzene rings is 2. The number of nitrogens with zero attached hydrogens (tertiary/aromatic N) is 2. The number of aryl methyl sites for hydroxylation is 2. The lowest BCUT2D eigenvalue weighted by Gasteiger charge is -2.32. The Morgan fingerprint density at radius 3 is 2.18 bits per heavy atom. The van der Waals surface area contributed by atoms with E-state index >= 15 is 0 Å². The van der Waals surface area contributed by atoms with Gasteiger partial charge in [0.2, 0.25) is 5.91 Å². The van der Waals surface area contributed by atoms with Crippen molar-refractivity contribution in [1.29, 1.82) is 0 Å². The van der Waals surface area contributed by atoms with Gasteiger partial charge in [-0.2, -0.15) is 0 Å². The summed E-state index contributed by atoms with van der Waals surface area (Å²) in [6, 6.07) is 16.8. The smallest absolute Gasteiger partial charge is 0.308 e. The number of rotatable bonds is 4. The van der Waals surface area contributed by atoms with Crippen LogP contribution in [0.15, 0.2) is 48.5 Å². The predicted molar refractivity (Wildman–Crippen MR) is 109 cm³/mol. The third-order valence-corrected chi connectivity index (χ3v) is 5.90. The van der Waals surface area contributed by atoms with Crippen LogP contribution in [0.5, 0.6) is 0 Å². The zero-order valence-electron chi connectivity index (χ0n) is 16.0. The lowest BCUT2D eigenvalue weighted by Crippen LogP contribution is -2.43. The molecule has 0 radical (unpaired) electrons. The molecular formula is C23H26N2O3. The number of hydrogen-bond acceptors (Lipinski definition) is 3. The molecule has 1 amide bonds. The van der Waals surface area contributed by atoms with Gasteiger partial charge in [0.05, 0.1) is 5.92 Å². The van der Waals surface area contributed by atoms with Crippen molar-refractivity contribution in [3.05, 3.63) is 59.7 Å². The maximum Gasteiger partial charge on any atom is 0.308 e. The largest absolute Gasteiger partial charge is 0.481 e. The van der Waals surface area contributed by atoms with Crippen LogP contribution in [0.1, 0.15) is 30.4 Å². The van der Waals surface area contributed by atoms with Crippen LogP contribution in [0.25, 0.3) is 0 Å². The van der Waals surface area contributed by atoms with E-state index in [0.29, 0.717) is 32.5 Å². The summed E-state index contributed by atoms with van der Waals surface area (Å²) in [5.74, 6) is -1.18. The zero-order valence-corrected chi connectivity index (χ0v) is 16.0. The molecule has 0 aliphatic carbocycles. The Balaban J connectivity index is 1.53. The number of aliphatic carboxylic acids is 1. The fourth-order valence-electron chi connectivity index (χ4n) is 4.38. The normalized spacial score (nSPS) is 18.8. The molecule has 146 valence electrons. The minimum Gasteiger partial charge on any atom is -0.481 e. The first-order valence-electron chi connectivity index (χ1n) is 10.1. The average Bonchev–Trinajstić information content (AvgIpc) is 2.89. The van der Waals surface area contributed by atoms with Crippen LogP contribution in [0, 0.1) is 5.92 Å². The second kappa shape index (κ2) is 8.05. The Kier molecular flexibility index (Phi) is 5.33. The summed E-state index contributed by atoms with van der Waals surface area (Å²) >= 11 is 0. The topological polar surface area (TPSA) is 60.9 Å². The van der Waals surface area contributed by atoms with E-state index in [9.17, 15) is 14.7 Å². The standard InChI is InChI=1S/C23H26N2O3/c26-22(24-14-5-8-19(16-24)23(27)28)13-15-25-20-9-3-1-6-17(20)11-12-18-7-2-4-10-21(18)25/h1-4,6-7,9-10,19H,5,8,11-16H2,(H,27,28). The summed E-state index contributed by atoms with van der Waals surface area (Å²) in [4.78, 5) is 28.1. The molecule has 0 spiro atoms. The van der Waals surface area contributed by atoms with Gasteiger partial charge < -0.3 is 14.9 Å². The highest BCUT2D eigenvalue weighted by molar-refractivity contribution is 5.80. The van der Waals surface area contributed by atoms with Crippen LogP contribution in [-0.4, -0.2) is 41.5 Å². The Bertz CT molecular complexity index is 832. The summed E-state index contributed by atoms with van der Waals surface area (Å²) in [7, 11) is 0. The van der Waals surface area contributed by atoms with E-state index in [4.69, 9.17) is 0 Å². The number of hydrogen-bond donors (Lipinski definition) is 1. The van der Waals surface area contributed by atoms with Crippen molar-refractivity contribution in [2.75, 3.05) is 24.5 Å². The van der Waals surface area contributed by atoms with Crippen molar-refractivity contribution in [3.8, 4) is 0 Å². The van der Waals surface area contributed by atoms with Crippen LogP contribution >= 0.6 is 0 Å². The van der Waals surface area contributed by atoms with Gasteiger partial charge in [-0.15, -0.1) is 0 Å². The van der Waals surface area contributed by atoms with Crippen molar-refractivity contribution in [2.24, 2.45) is 5.92 Å². The van der Waals surface area contributed by atoms with Gasteiger partial charge in [-0.05, 0) is 48.9 Å². The Hall–Kier alpha value is -2.82. The third-order valence-electron chi connectivity index (χ3n) is 5.90. The molecular weight excluding hydrogens is 352 g/mol. The highest BCUT2D eigenvalue weighted by Gasteiger charge is 2.28. The first-order chi connectivity index (χ1) is 13.6. The fraction of sp³-hybridized carbons (Fsp3) is 0.391. The molecule has 1 N–H and O–H groups in total. The number of carboxylic acids is 1. The highest BCUT2D eigenvalue weighted by atomic mass is 16.4. The van der Waals surface area contributed by atoms with Crippen LogP contribution in [0.2, 0.25) is 0 Å². The molecule has 5 heteroatoms. The van der Waals surface area contributed by atoms with E-state index in [1.807, 2.05) is 12.1 Å². The zero-order chi connectivity index (χ0) is 19.5. The summed E-state index contributed by atoms with van der Waals surface area (Å²) in [5.41, 5.74) is 4.94. The van der Waals surface area contributed by atoms with Crippen LogP contribution < -0.4 is 4.90 Å². The molecule has 0 saturated carbocycles. The van der Waals surface area contributed by atoms with E-state index in [0.717, 1.165) is 19.3 Å². The number of carbonyl (C=O) groups excluding carboxylic acids is 1. The summed E-state index contributed by atoms with van der Waals surface area (Å²) in [6.45, 7) is 1.60. The van der Waals surface area contributed by atoms with Crippen LogP contribution in [0.3, 0.4) is 0 Å². The van der Waals surface area contributed by atoms with Crippen molar-refractivity contribution >= 4 is 23.3 Å². The molecule has 2 aromatic rings. The SMILES string of the molecule is O=C(O)C1CCCN(C(=O)CCN2c3ccccc3CCc3ccccc32)C1. The van der Waals surface area contributed by atoms with Crippen molar-refractivity contribution in [3.63, 3.8) is 0 Å². The van der Waals surface area contributed by atoms with Crippen molar-refractivity contribution in [2.45, 2.75) is 32.1 Å². The number of piperidine rings is 1. The third kappa shape index (κ3) is 3.75. The van der Waals surface area contributed by atoms with E-state index in [2.05, 4.69) is 41.3 Å². The number of fused-ring (bicyclic) bond motifs is 2. The summed E-state index contributed by atoms with van der Waals surface area (Å²) < 4.78 is 0. The number of likely N-dealkylation sites (tertiary alicyclic amines) is 1. The molecule has 2 heterocycles. The molecule has 0 bridgehead atoms. The average molecular weight is 378 g/mol. The maximum atomic E-state index is 12.8.